The number of carbonyl (C=O) groups is 1. The Kier molecular flexibility index (Phi) is 2.86. The van der Waals surface area contributed by atoms with E-state index in [1.54, 1.807) is 0 Å². The average molecular weight is 309 g/mol. The fourth-order valence-corrected chi connectivity index (χ4v) is 2.78. The highest BCUT2D eigenvalue weighted by Crippen LogP contribution is 2.48. The van der Waals surface area contributed by atoms with E-state index in [-0.39, 0.29) is 17.8 Å². The maximum atomic E-state index is 11.7. The molecule has 18 heavy (non-hydrogen) atoms. The summed E-state index contributed by atoms with van der Waals surface area (Å²) in [4.78, 5) is 16.2. The molecule has 0 unspecified atom stereocenters. The minimum absolute atomic E-state index is 0.0253. The Balaban J connectivity index is 1.91. The zero-order valence-corrected chi connectivity index (χ0v) is 11.6. The average Bonchev–Trinajstić information content (AvgIpc) is 3.10. The summed E-state index contributed by atoms with van der Waals surface area (Å²) in [6.45, 7) is 2.27. The van der Waals surface area contributed by atoms with E-state index in [1.165, 1.54) is 0 Å². The Morgan fingerprint density at radius 1 is 1.61 bits per heavy atom. The zero-order chi connectivity index (χ0) is 12.7. The van der Waals surface area contributed by atoms with Gasteiger partial charge in [0.15, 0.2) is 0 Å². The van der Waals surface area contributed by atoms with Gasteiger partial charge in [0.1, 0.15) is 10.4 Å². The van der Waals surface area contributed by atoms with E-state index < -0.39 is 0 Å². The minimum Gasteiger partial charge on any atom is -0.466 e. The van der Waals surface area contributed by atoms with Crippen LogP contribution < -0.4 is 0 Å². The lowest BCUT2D eigenvalue weighted by Gasteiger charge is -2.01. The van der Waals surface area contributed by atoms with Crippen molar-refractivity contribution in [3.8, 4) is 0 Å². The molecule has 1 aliphatic rings. The van der Waals surface area contributed by atoms with E-state index >= 15 is 0 Å². The van der Waals surface area contributed by atoms with Crippen LogP contribution in [0.5, 0.6) is 0 Å². The number of esters is 1. The van der Waals surface area contributed by atoms with Crippen molar-refractivity contribution in [1.29, 1.82) is 0 Å². The molecule has 0 aliphatic heterocycles. The summed E-state index contributed by atoms with van der Waals surface area (Å²) in [5, 5.41) is 0. The van der Waals surface area contributed by atoms with Crippen molar-refractivity contribution in [3.63, 3.8) is 0 Å². The number of pyridine rings is 1. The number of carbonyl (C=O) groups excluding carboxylic acids is 1. The molecule has 0 aromatic carbocycles. The van der Waals surface area contributed by atoms with Crippen molar-refractivity contribution in [2.75, 3.05) is 6.61 Å². The summed E-state index contributed by atoms with van der Waals surface area (Å²) in [6.07, 6.45) is 2.81. The van der Waals surface area contributed by atoms with E-state index in [9.17, 15) is 4.79 Å². The molecule has 0 amide bonds. The van der Waals surface area contributed by atoms with Gasteiger partial charge in [-0.1, -0.05) is 6.07 Å². The molecule has 4 nitrogen and oxygen atoms in total. The second-order valence-electron chi connectivity index (χ2n) is 4.42. The van der Waals surface area contributed by atoms with Crippen molar-refractivity contribution in [2.24, 2.45) is 5.92 Å². The summed E-state index contributed by atoms with van der Waals surface area (Å²) < 4.78 is 7.91. The molecule has 1 saturated carbocycles. The van der Waals surface area contributed by atoms with Gasteiger partial charge in [0.05, 0.1) is 18.0 Å². The first kappa shape index (κ1) is 11.7. The van der Waals surface area contributed by atoms with E-state index in [4.69, 9.17) is 4.74 Å². The van der Waals surface area contributed by atoms with Gasteiger partial charge < -0.3 is 9.14 Å². The van der Waals surface area contributed by atoms with Crippen LogP contribution in [0.15, 0.2) is 29.0 Å². The van der Waals surface area contributed by atoms with Gasteiger partial charge in [-0.2, -0.15) is 0 Å². The third kappa shape index (κ3) is 1.82. The van der Waals surface area contributed by atoms with Gasteiger partial charge in [-0.15, -0.1) is 0 Å². The molecule has 94 valence electrons. The van der Waals surface area contributed by atoms with Gasteiger partial charge in [0, 0.05) is 12.1 Å². The SMILES string of the molecule is CCOC(=O)[C@H]1C[C@H]1c1nc(Br)c2ccccn12. The standard InChI is InChI=1S/C13H13BrN2O2/c1-2-18-13(17)9-7-8(9)12-15-11(14)10-5-3-4-6-16(10)12/h3-6,8-9H,2,7H2,1H3/t8-,9+/m1/s1. The van der Waals surface area contributed by atoms with Crippen LogP contribution in [0.3, 0.4) is 0 Å². The van der Waals surface area contributed by atoms with Crippen LogP contribution in [-0.2, 0) is 9.53 Å². The Hall–Kier alpha value is -1.36. The van der Waals surface area contributed by atoms with E-state index in [0.717, 1.165) is 22.4 Å². The van der Waals surface area contributed by atoms with Crippen LogP contribution in [0.1, 0.15) is 25.1 Å². The fraction of sp³-hybridized carbons (Fsp3) is 0.385. The Bertz CT molecular complexity index is 608. The first-order valence-electron chi connectivity index (χ1n) is 6.01. The molecule has 1 fully saturated rings. The van der Waals surface area contributed by atoms with Gasteiger partial charge >= 0.3 is 5.97 Å². The van der Waals surface area contributed by atoms with E-state index in [0.29, 0.717) is 6.61 Å². The van der Waals surface area contributed by atoms with Crippen molar-refractivity contribution in [2.45, 2.75) is 19.3 Å². The molecule has 2 atom stereocenters. The highest BCUT2D eigenvalue weighted by atomic mass is 79.9. The van der Waals surface area contributed by atoms with Crippen LogP contribution in [0.4, 0.5) is 0 Å². The molecule has 2 aromatic heterocycles. The maximum absolute atomic E-state index is 11.7. The van der Waals surface area contributed by atoms with Crippen LogP contribution >= 0.6 is 15.9 Å². The Morgan fingerprint density at radius 3 is 3.22 bits per heavy atom. The van der Waals surface area contributed by atoms with E-state index in [2.05, 4.69) is 20.9 Å². The Morgan fingerprint density at radius 2 is 2.44 bits per heavy atom. The van der Waals surface area contributed by atoms with Gasteiger partial charge in [-0.3, -0.25) is 4.79 Å². The van der Waals surface area contributed by atoms with Gasteiger partial charge in [-0.05, 0) is 41.4 Å². The highest BCUT2D eigenvalue weighted by molar-refractivity contribution is 9.10. The van der Waals surface area contributed by atoms with Crippen LogP contribution in [0.25, 0.3) is 5.52 Å². The number of hydrogen-bond donors (Lipinski definition) is 0. The number of halogens is 1. The second-order valence-corrected chi connectivity index (χ2v) is 5.17. The molecule has 3 rings (SSSR count). The molecular weight excluding hydrogens is 296 g/mol. The summed E-state index contributed by atoms with van der Waals surface area (Å²) in [7, 11) is 0. The molecule has 2 aromatic rings. The second kappa shape index (κ2) is 4.39. The van der Waals surface area contributed by atoms with Crippen molar-refractivity contribution >= 4 is 27.4 Å². The number of ether oxygens (including phenoxy) is 1. The number of aromatic nitrogens is 2. The normalized spacial score (nSPS) is 22.1. The first-order valence-corrected chi connectivity index (χ1v) is 6.80. The summed E-state index contributed by atoms with van der Waals surface area (Å²) in [6, 6.07) is 5.94. The molecule has 0 N–H and O–H groups in total. The predicted molar refractivity (Wildman–Crippen MR) is 70.4 cm³/mol. The molecule has 5 heteroatoms. The third-order valence-electron chi connectivity index (χ3n) is 3.24. The zero-order valence-electron chi connectivity index (χ0n) is 9.97. The molecule has 0 radical (unpaired) electrons. The number of hydrogen-bond acceptors (Lipinski definition) is 3. The van der Waals surface area contributed by atoms with Gasteiger partial charge in [-0.25, -0.2) is 4.98 Å². The van der Waals surface area contributed by atoms with Crippen LogP contribution in [0.2, 0.25) is 0 Å². The first-order chi connectivity index (χ1) is 8.72. The lowest BCUT2D eigenvalue weighted by molar-refractivity contribution is -0.144. The smallest absolute Gasteiger partial charge is 0.309 e. The number of nitrogens with zero attached hydrogens (tertiary/aromatic N) is 2. The van der Waals surface area contributed by atoms with Gasteiger partial charge in [0.25, 0.3) is 0 Å². The van der Waals surface area contributed by atoms with Gasteiger partial charge in [0.2, 0.25) is 0 Å². The Labute approximate surface area is 113 Å². The quantitative estimate of drug-likeness (QED) is 0.819. The topological polar surface area (TPSA) is 43.6 Å². The van der Waals surface area contributed by atoms with Crippen molar-refractivity contribution in [3.05, 3.63) is 34.8 Å². The monoisotopic (exact) mass is 308 g/mol. The molecule has 0 spiro atoms. The minimum atomic E-state index is -0.105. The third-order valence-corrected chi connectivity index (χ3v) is 3.83. The number of imidazole rings is 1. The van der Waals surface area contributed by atoms with Crippen molar-refractivity contribution in [1.82, 2.24) is 9.38 Å². The largest absolute Gasteiger partial charge is 0.466 e. The number of fused-ring (bicyclic) bond motifs is 1. The molecular formula is C13H13BrN2O2. The van der Waals surface area contributed by atoms with Crippen LogP contribution in [0, 0.1) is 5.92 Å². The molecule has 0 saturated heterocycles. The predicted octanol–water partition coefficient (Wildman–Crippen LogP) is 2.76. The molecule has 2 heterocycles. The van der Waals surface area contributed by atoms with Crippen LogP contribution in [-0.4, -0.2) is 22.0 Å². The summed E-state index contributed by atoms with van der Waals surface area (Å²) >= 11 is 3.45. The lowest BCUT2D eigenvalue weighted by Crippen LogP contribution is -2.08. The summed E-state index contributed by atoms with van der Waals surface area (Å²) in [5.41, 5.74) is 1.03. The molecule has 1 aliphatic carbocycles. The highest BCUT2D eigenvalue weighted by Gasteiger charge is 2.47. The fourth-order valence-electron chi connectivity index (χ4n) is 2.27. The number of rotatable bonds is 3. The molecule has 0 bridgehead atoms. The van der Waals surface area contributed by atoms with Crippen molar-refractivity contribution < 1.29 is 9.53 Å². The maximum Gasteiger partial charge on any atom is 0.309 e. The lowest BCUT2D eigenvalue weighted by atomic mass is 10.3. The summed E-state index contributed by atoms with van der Waals surface area (Å²) in [5.74, 6) is 0.995. The van der Waals surface area contributed by atoms with E-state index in [1.807, 2.05) is 35.7 Å².